The first-order chi connectivity index (χ1) is 14.9. The third-order valence-electron chi connectivity index (χ3n) is 5.09. The van der Waals surface area contributed by atoms with Gasteiger partial charge in [-0.05, 0) is 78.6 Å². The Morgan fingerprint density at radius 1 is 1.13 bits per heavy atom. The second kappa shape index (κ2) is 10.1. The molecule has 0 N–H and O–H groups in total. The molecule has 1 heterocycles. The van der Waals surface area contributed by atoms with E-state index in [0.717, 1.165) is 46.6 Å². The van der Waals surface area contributed by atoms with Crippen LogP contribution in [0.4, 0.5) is 0 Å². The molecule has 0 spiro atoms. The third kappa shape index (κ3) is 5.20. The molecule has 2 aromatic carbocycles. The van der Waals surface area contributed by atoms with Crippen molar-refractivity contribution in [1.82, 2.24) is 19.8 Å². The zero-order valence-electron chi connectivity index (χ0n) is 18.8. The minimum Gasteiger partial charge on any atom is -0.489 e. The van der Waals surface area contributed by atoms with Crippen LogP contribution in [0.2, 0.25) is 0 Å². The molecule has 1 aromatic heterocycles. The van der Waals surface area contributed by atoms with Gasteiger partial charge in [0.25, 0.3) is 0 Å². The standard InChI is InChI=1S/C23H29N5O3/c1-6-7-13-31-24-18(4)19-11-12-22(17(3)14-19)30-15-20-16(2)9-8-10-21(20)28-23(29)27(5)25-26-28/h8-12,14H,6-7,13,15H2,1-5H3/b24-18+. The van der Waals surface area contributed by atoms with Gasteiger partial charge in [-0.15, -0.1) is 0 Å². The van der Waals surface area contributed by atoms with Gasteiger partial charge in [0.05, 0.1) is 11.4 Å². The van der Waals surface area contributed by atoms with Crippen molar-refractivity contribution in [2.24, 2.45) is 12.2 Å². The van der Waals surface area contributed by atoms with Crippen molar-refractivity contribution in [1.29, 1.82) is 0 Å². The fourth-order valence-electron chi connectivity index (χ4n) is 3.13. The fraction of sp³-hybridized carbons (Fsp3) is 0.391. The molecule has 0 saturated carbocycles. The fourth-order valence-corrected chi connectivity index (χ4v) is 3.13. The first-order valence-corrected chi connectivity index (χ1v) is 10.4. The van der Waals surface area contributed by atoms with Crippen molar-refractivity contribution in [2.45, 2.75) is 47.1 Å². The van der Waals surface area contributed by atoms with Gasteiger partial charge in [-0.25, -0.2) is 4.79 Å². The number of aromatic nitrogens is 4. The summed E-state index contributed by atoms with van der Waals surface area (Å²) in [5, 5.41) is 12.0. The average Bonchev–Trinajstić information content (AvgIpc) is 3.09. The summed E-state index contributed by atoms with van der Waals surface area (Å²) in [7, 11) is 1.57. The number of unbranched alkanes of at least 4 members (excludes halogenated alkanes) is 1. The lowest BCUT2D eigenvalue weighted by molar-refractivity contribution is 0.141. The van der Waals surface area contributed by atoms with Gasteiger partial charge < -0.3 is 9.57 Å². The minimum absolute atomic E-state index is 0.302. The molecule has 3 rings (SSSR count). The van der Waals surface area contributed by atoms with E-state index >= 15 is 0 Å². The number of hydrogen-bond donors (Lipinski definition) is 0. The normalized spacial score (nSPS) is 11.6. The molecule has 0 radical (unpaired) electrons. The Balaban J connectivity index is 1.78. The number of tetrazole rings is 1. The van der Waals surface area contributed by atoms with Gasteiger partial charge >= 0.3 is 5.69 Å². The van der Waals surface area contributed by atoms with E-state index < -0.39 is 0 Å². The van der Waals surface area contributed by atoms with Crippen LogP contribution in [0.15, 0.2) is 46.3 Å². The summed E-state index contributed by atoms with van der Waals surface area (Å²) in [5.41, 5.74) is 5.07. The number of oxime groups is 1. The van der Waals surface area contributed by atoms with Crippen molar-refractivity contribution in [2.75, 3.05) is 6.61 Å². The maximum Gasteiger partial charge on any atom is 0.368 e. The topological polar surface area (TPSA) is 83.5 Å². The molecule has 0 aliphatic carbocycles. The smallest absolute Gasteiger partial charge is 0.368 e. The number of nitrogens with zero attached hydrogens (tertiary/aromatic N) is 5. The summed E-state index contributed by atoms with van der Waals surface area (Å²) < 4.78 is 8.61. The Hall–Kier alpha value is -3.42. The number of rotatable bonds is 9. The van der Waals surface area contributed by atoms with Gasteiger partial charge in [0.15, 0.2) is 0 Å². The Bertz CT molecular complexity index is 1130. The quantitative estimate of drug-likeness (QED) is 0.298. The molecule has 31 heavy (non-hydrogen) atoms. The highest BCUT2D eigenvalue weighted by atomic mass is 16.6. The van der Waals surface area contributed by atoms with Gasteiger partial charge in [0, 0.05) is 12.6 Å². The van der Waals surface area contributed by atoms with Crippen LogP contribution < -0.4 is 10.4 Å². The van der Waals surface area contributed by atoms with Crippen LogP contribution in [-0.4, -0.2) is 32.1 Å². The van der Waals surface area contributed by atoms with Crippen molar-refractivity contribution in [3.8, 4) is 11.4 Å². The first kappa shape index (κ1) is 22.3. The molecular formula is C23H29N5O3. The number of hydrogen-bond acceptors (Lipinski definition) is 6. The van der Waals surface area contributed by atoms with Gasteiger partial charge in [-0.2, -0.15) is 9.36 Å². The summed E-state index contributed by atoms with van der Waals surface area (Å²) >= 11 is 0. The van der Waals surface area contributed by atoms with Gasteiger partial charge in [0.2, 0.25) is 0 Å². The van der Waals surface area contributed by atoms with Crippen LogP contribution in [0, 0.1) is 13.8 Å². The lowest BCUT2D eigenvalue weighted by Gasteiger charge is -2.15. The minimum atomic E-state index is -0.302. The zero-order valence-corrected chi connectivity index (χ0v) is 18.8. The largest absolute Gasteiger partial charge is 0.489 e. The number of ether oxygens (including phenoxy) is 1. The van der Waals surface area contributed by atoms with E-state index in [1.165, 1.54) is 9.36 Å². The van der Waals surface area contributed by atoms with Crippen molar-refractivity contribution in [3.63, 3.8) is 0 Å². The highest BCUT2D eigenvalue weighted by molar-refractivity contribution is 5.98. The maximum absolute atomic E-state index is 12.3. The molecular weight excluding hydrogens is 394 g/mol. The van der Waals surface area contributed by atoms with E-state index in [0.29, 0.717) is 18.9 Å². The van der Waals surface area contributed by atoms with Crippen LogP contribution in [0.1, 0.15) is 48.9 Å². The first-order valence-electron chi connectivity index (χ1n) is 10.4. The monoisotopic (exact) mass is 423 g/mol. The van der Waals surface area contributed by atoms with E-state index in [2.05, 4.69) is 22.5 Å². The maximum atomic E-state index is 12.3. The predicted octanol–water partition coefficient (Wildman–Crippen LogP) is 3.70. The highest BCUT2D eigenvalue weighted by Gasteiger charge is 2.14. The van der Waals surface area contributed by atoms with Crippen molar-refractivity contribution in [3.05, 3.63) is 69.1 Å². The van der Waals surface area contributed by atoms with Crippen LogP contribution >= 0.6 is 0 Å². The summed E-state index contributed by atoms with van der Waals surface area (Å²) in [6.07, 6.45) is 2.07. The molecule has 0 atom stereocenters. The van der Waals surface area contributed by atoms with E-state index in [9.17, 15) is 4.79 Å². The molecule has 164 valence electrons. The van der Waals surface area contributed by atoms with Crippen LogP contribution in [0.5, 0.6) is 5.75 Å². The molecule has 0 bridgehead atoms. The Labute approximate surface area is 182 Å². The van der Waals surface area contributed by atoms with Crippen molar-refractivity contribution >= 4 is 5.71 Å². The highest BCUT2D eigenvalue weighted by Crippen LogP contribution is 2.24. The van der Waals surface area contributed by atoms with E-state index in [-0.39, 0.29) is 5.69 Å². The van der Waals surface area contributed by atoms with Crippen molar-refractivity contribution < 1.29 is 9.57 Å². The van der Waals surface area contributed by atoms with E-state index in [1.54, 1.807) is 7.05 Å². The molecule has 8 heteroatoms. The summed E-state index contributed by atoms with van der Waals surface area (Å²) in [4.78, 5) is 17.7. The summed E-state index contributed by atoms with van der Waals surface area (Å²) in [6, 6.07) is 11.6. The Morgan fingerprint density at radius 3 is 2.61 bits per heavy atom. The second-order valence-corrected chi connectivity index (χ2v) is 7.50. The molecule has 0 aliphatic rings. The Morgan fingerprint density at radius 2 is 1.94 bits per heavy atom. The Kier molecular flexibility index (Phi) is 7.23. The zero-order chi connectivity index (χ0) is 22.4. The summed E-state index contributed by atoms with van der Waals surface area (Å²) in [6.45, 7) is 8.96. The van der Waals surface area contributed by atoms with E-state index in [4.69, 9.17) is 9.57 Å². The van der Waals surface area contributed by atoms with Gasteiger partial charge in [-0.3, -0.25) is 0 Å². The average molecular weight is 424 g/mol. The van der Waals surface area contributed by atoms with Crippen LogP contribution in [0.3, 0.4) is 0 Å². The molecule has 3 aromatic rings. The van der Waals surface area contributed by atoms with E-state index in [1.807, 2.05) is 57.2 Å². The van der Waals surface area contributed by atoms with Gasteiger partial charge in [-0.1, -0.05) is 30.6 Å². The number of benzene rings is 2. The lowest BCUT2D eigenvalue weighted by atomic mass is 10.1. The molecule has 0 unspecified atom stereocenters. The summed E-state index contributed by atoms with van der Waals surface area (Å²) in [5.74, 6) is 0.768. The SMILES string of the molecule is CCCCO/N=C(\C)c1ccc(OCc2c(C)cccc2-n2nnn(C)c2=O)c(C)c1. The molecule has 0 aliphatic heterocycles. The van der Waals surface area contributed by atoms with Crippen LogP contribution in [-0.2, 0) is 18.5 Å². The lowest BCUT2D eigenvalue weighted by Crippen LogP contribution is -2.23. The van der Waals surface area contributed by atoms with Gasteiger partial charge in [0.1, 0.15) is 19.0 Å². The predicted molar refractivity (Wildman–Crippen MR) is 120 cm³/mol. The third-order valence-corrected chi connectivity index (χ3v) is 5.09. The molecule has 0 fully saturated rings. The molecule has 0 saturated heterocycles. The number of aryl methyl sites for hydroxylation is 3. The second-order valence-electron chi connectivity index (χ2n) is 7.50. The van der Waals surface area contributed by atoms with Crippen LogP contribution in [0.25, 0.3) is 5.69 Å². The molecule has 0 amide bonds. The molecule has 8 nitrogen and oxygen atoms in total.